The minimum Gasteiger partial charge on any atom is -0.507 e. The number of nitrogens with one attached hydrogen (secondary N) is 1. The Bertz CT molecular complexity index is 961. The lowest BCUT2D eigenvalue weighted by Gasteiger charge is -2.10. The number of nitrogens with zero attached hydrogens (tertiary/aromatic N) is 1. The first-order chi connectivity index (χ1) is 11.0. The van der Waals surface area contributed by atoms with E-state index in [9.17, 15) is 9.90 Å². The predicted molar refractivity (Wildman–Crippen MR) is 93.5 cm³/mol. The van der Waals surface area contributed by atoms with Crippen molar-refractivity contribution < 1.29 is 5.11 Å². The van der Waals surface area contributed by atoms with Gasteiger partial charge < -0.3 is 10.1 Å². The van der Waals surface area contributed by atoms with Crippen LogP contribution in [0.3, 0.4) is 0 Å². The van der Waals surface area contributed by atoms with Gasteiger partial charge in [0.15, 0.2) is 0 Å². The largest absolute Gasteiger partial charge is 0.507 e. The Kier molecular flexibility index (Phi) is 3.74. The maximum absolute atomic E-state index is 12.2. The molecule has 0 saturated heterocycles. The topological polar surface area (TPSA) is 66.0 Å². The molecule has 0 aliphatic carbocycles. The van der Waals surface area contributed by atoms with E-state index < -0.39 is 0 Å². The summed E-state index contributed by atoms with van der Waals surface area (Å²) in [5, 5.41) is 10.5. The van der Waals surface area contributed by atoms with Crippen molar-refractivity contribution in [3.63, 3.8) is 0 Å². The van der Waals surface area contributed by atoms with Crippen molar-refractivity contribution in [1.82, 2.24) is 9.97 Å². The molecule has 0 amide bonds. The third-order valence-electron chi connectivity index (χ3n) is 3.83. The number of aliphatic hydroxyl groups excluding tert-OH is 1. The van der Waals surface area contributed by atoms with Crippen LogP contribution in [-0.2, 0) is 0 Å². The Morgan fingerprint density at radius 1 is 1.13 bits per heavy atom. The maximum atomic E-state index is 12.2. The van der Waals surface area contributed by atoms with Crippen LogP contribution in [-0.4, -0.2) is 15.1 Å². The predicted octanol–water partition coefficient (Wildman–Crippen LogP) is 3.90. The van der Waals surface area contributed by atoms with Crippen LogP contribution >= 0.6 is 0 Å². The summed E-state index contributed by atoms with van der Waals surface area (Å²) >= 11 is 0. The van der Waals surface area contributed by atoms with Crippen LogP contribution in [0, 0.1) is 20.8 Å². The number of aromatic nitrogens is 2. The van der Waals surface area contributed by atoms with E-state index in [4.69, 9.17) is 0 Å². The summed E-state index contributed by atoms with van der Waals surface area (Å²) in [7, 11) is 0. The van der Waals surface area contributed by atoms with Crippen molar-refractivity contribution in [2.75, 3.05) is 0 Å². The number of H-pyrrole nitrogens is 1. The Labute approximate surface area is 134 Å². The number of fused-ring (bicyclic) bond motifs is 1. The van der Waals surface area contributed by atoms with Crippen molar-refractivity contribution in [3.8, 4) is 0 Å². The standard InChI is InChI=1S/C19H18N2O2/c1-11-8-12(2)18(13(3)9-11)17(22)10-16-19(23)21-15-7-5-4-6-14(15)20-16/h4-10,22H,1-3H3,(H,21,23). The molecule has 0 unspecified atom stereocenters. The Morgan fingerprint density at radius 3 is 2.48 bits per heavy atom. The van der Waals surface area contributed by atoms with Crippen molar-refractivity contribution in [1.29, 1.82) is 0 Å². The molecule has 1 heterocycles. The van der Waals surface area contributed by atoms with Crippen LogP contribution in [0.25, 0.3) is 22.9 Å². The quantitative estimate of drug-likeness (QED) is 0.706. The van der Waals surface area contributed by atoms with Gasteiger partial charge in [0.2, 0.25) is 0 Å². The van der Waals surface area contributed by atoms with Gasteiger partial charge in [0.05, 0.1) is 11.0 Å². The molecule has 0 spiro atoms. The number of aliphatic hydroxyl groups is 1. The average molecular weight is 306 g/mol. The average Bonchev–Trinajstić information content (AvgIpc) is 2.47. The third-order valence-corrected chi connectivity index (χ3v) is 3.83. The first-order valence-electron chi connectivity index (χ1n) is 7.43. The van der Waals surface area contributed by atoms with Crippen LogP contribution in [0.15, 0.2) is 41.2 Å². The number of rotatable bonds is 2. The summed E-state index contributed by atoms with van der Waals surface area (Å²) in [6, 6.07) is 11.3. The van der Waals surface area contributed by atoms with Crippen LogP contribution in [0.2, 0.25) is 0 Å². The molecule has 0 atom stereocenters. The fraction of sp³-hybridized carbons (Fsp3) is 0.158. The molecule has 3 aromatic rings. The minimum absolute atomic E-state index is 0.0493. The van der Waals surface area contributed by atoms with Gasteiger partial charge in [-0.25, -0.2) is 4.98 Å². The number of benzene rings is 2. The van der Waals surface area contributed by atoms with E-state index in [1.807, 2.05) is 51.1 Å². The lowest BCUT2D eigenvalue weighted by Crippen LogP contribution is -2.12. The van der Waals surface area contributed by atoms with E-state index in [-0.39, 0.29) is 17.0 Å². The van der Waals surface area contributed by atoms with Gasteiger partial charge in [-0.3, -0.25) is 4.79 Å². The highest BCUT2D eigenvalue weighted by molar-refractivity contribution is 5.81. The van der Waals surface area contributed by atoms with Gasteiger partial charge in [-0.15, -0.1) is 0 Å². The van der Waals surface area contributed by atoms with Crippen LogP contribution in [0.5, 0.6) is 0 Å². The van der Waals surface area contributed by atoms with E-state index in [0.717, 1.165) is 22.3 Å². The number of hydrogen-bond donors (Lipinski definition) is 2. The fourth-order valence-electron chi connectivity index (χ4n) is 2.93. The molecule has 0 radical (unpaired) electrons. The fourth-order valence-corrected chi connectivity index (χ4v) is 2.93. The number of hydrogen-bond acceptors (Lipinski definition) is 3. The van der Waals surface area contributed by atoms with Gasteiger partial charge in [-0.05, 0) is 44.0 Å². The third kappa shape index (κ3) is 2.88. The molecule has 0 fully saturated rings. The Hall–Kier alpha value is -2.88. The second-order valence-corrected chi connectivity index (χ2v) is 5.77. The lowest BCUT2D eigenvalue weighted by atomic mass is 9.98. The first-order valence-corrected chi connectivity index (χ1v) is 7.43. The maximum Gasteiger partial charge on any atom is 0.274 e. The summed E-state index contributed by atoms with van der Waals surface area (Å²) in [6.07, 6.45) is 1.43. The molecule has 1 aromatic heterocycles. The molecule has 4 heteroatoms. The molecule has 4 nitrogen and oxygen atoms in total. The van der Waals surface area contributed by atoms with Crippen LogP contribution < -0.4 is 5.56 Å². The second kappa shape index (κ2) is 5.72. The number of aromatic amines is 1. The normalized spacial score (nSPS) is 11.9. The molecule has 0 aliphatic heterocycles. The number of para-hydroxylation sites is 2. The zero-order valence-electron chi connectivity index (χ0n) is 13.3. The first kappa shape index (κ1) is 15.0. The van der Waals surface area contributed by atoms with Crippen LogP contribution in [0.4, 0.5) is 0 Å². The van der Waals surface area contributed by atoms with Crippen molar-refractivity contribution in [2.24, 2.45) is 0 Å². The molecule has 0 aliphatic rings. The smallest absolute Gasteiger partial charge is 0.274 e. The second-order valence-electron chi connectivity index (χ2n) is 5.77. The van der Waals surface area contributed by atoms with Gasteiger partial charge in [0.25, 0.3) is 5.56 Å². The molecule has 2 aromatic carbocycles. The van der Waals surface area contributed by atoms with E-state index in [2.05, 4.69) is 9.97 Å². The van der Waals surface area contributed by atoms with E-state index in [1.165, 1.54) is 6.08 Å². The van der Waals surface area contributed by atoms with Gasteiger partial charge in [0.1, 0.15) is 11.5 Å². The summed E-state index contributed by atoms with van der Waals surface area (Å²) in [6.45, 7) is 5.90. The number of aryl methyl sites for hydroxylation is 3. The van der Waals surface area contributed by atoms with Crippen molar-refractivity contribution in [3.05, 3.63) is 74.7 Å². The molecular weight excluding hydrogens is 288 g/mol. The lowest BCUT2D eigenvalue weighted by molar-refractivity contribution is 0.514. The SMILES string of the molecule is Cc1cc(C)c(C(O)=Cc2nc3ccccc3[nH]c2=O)c(C)c1. The molecule has 2 N–H and O–H groups in total. The molecule has 3 rings (SSSR count). The molecule has 23 heavy (non-hydrogen) atoms. The Morgan fingerprint density at radius 2 is 1.78 bits per heavy atom. The van der Waals surface area contributed by atoms with Crippen molar-refractivity contribution >= 4 is 22.9 Å². The summed E-state index contributed by atoms with van der Waals surface area (Å²) < 4.78 is 0. The molecular formula is C19H18N2O2. The van der Waals surface area contributed by atoms with Crippen LogP contribution in [0.1, 0.15) is 27.9 Å². The summed E-state index contributed by atoms with van der Waals surface area (Å²) in [4.78, 5) is 19.3. The minimum atomic E-state index is -0.322. The van der Waals surface area contributed by atoms with Gasteiger partial charge in [-0.1, -0.05) is 29.8 Å². The highest BCUT2D eigenvalue weighted by Crippen LogP contribution is 2.24. The zero-order valence-corrected chi connectivity index (χ0v) is 13.3. The summed E-state index contributed by atoms with van der Waals surface area (Å²) in [5.41, 5.74) is 5.05. The monoisotopic (exact) mass is 306 g/mol. The van der Waals surface area contributed by atoms with E-state index in [0.29, 0.717) is 11.0 Å². The Balaban J connectivity index is 2.15. The van der Waals surface area contributed by atoms with Gasteiger partial charge >= 0.3 is 0 Å². The zero-order chi connectivity index (χ0) is 16.6. The van der Waals surface area contributed by atoms with E-state index >= 15 is 0 Å². The summed E-state index contributed by atoms with van der Waals surface area (Å²) in [5.74, 6) is 0.0493. The molecule has 0 saturated carbocycles. The molecule has 0 bridgehead atoms. The highest BCUT2D eigenvalue weighted by atomic mass is 16.3. The van der Waals surface area contributed by atoms with E-state index in [1.54, 1.807) is 6.07 Å². The van der Waals surface area contributed by atoms with Gasteiger partial charge in [0, 0.05) is 11.6 Å². The van der Waals surface area contributed by atoms with Crippen molar-refractivity contribution in [2.45, 2.75) is 20.8 Å². The highest BCUT2D eigenvalue weighted by Gasteiger charge is 2.10. The molecule has 116 valence electrons. The van der Waals surface area contributed by atoms with Gasteiger partial charge in [-0.2, -0.15) is 0 Å².